The van der Waals surface area contributed by atoms with E-state index >= 15 is 0 Å². The first kappa shape index (κ1) is 18.9. The summed E-state index contributed by atoms with van der Waals surface area (Å²) in [7, 11) is 0. The van der Waals surface area contributed by atoms with Crippen molar-refractivity contribution in [2.75, 3.05) is 26.2 Å². The summed E-state index contributed by atoms with van der Waals surface area (Å²) in [4.78, 5) is 12.9. The predicted octanol–water partition coefficient (Wildman–Crippen LogP) is 3.95. The molecule has 1 N–H and O–H groups in total. The van der Waals surface area contributed by atoms with E-state index in [9.17, 15) is 4.79 Å². The number of rotatable bonds is 6. The van der Waals surface area contributed by atoms with Crippen LogP contribution < -0.4 is 5.32 Å². The highest BCUT2D eigenvalue weighted by molar-refractivity contribution is 6.63. The zero-order chi connectivity index (χ0) is 15.3. The second-order valence-electron chi connectivity index (χ2n) is 6.24. The summed E-state index contributed by atoms with van der Waals surface area (Å²) in [6.07, 6.45) is 12.1. The second-order valence-corrected chi connectivity index (χ2v) is 6.67. The third-order valence-electron chi connectivity index (χ3n) is 4.44. The molecular weight excluding hydrogens is 284 g/mol. The van der Waals surface area contributed by atoms with Crippen molar-refractivity contribution in [3.05, 3.63) is 0 Å². The number of hydrogen-bond donors (Lipinski definition) is 1. The molecule has 124 valence electrons. The summed E-state index contributed by atoms with van der Waals surface area (Å²) in [6, 6.07) is 0.909. The fraction of sp³-hybridized carbons (Fsp3) is 0.941. The Bertz CT molecular complexity index is 246. The summed E-state index contributed by atoms with van der Waals surface area (Å²) < 4.78 is 0. The third kappa shape index (κ3) is 9.49. The van der Waals surface area contributed by atoms with Gasteiger partial charge in [0.15, 0.2) is 0 Å². The van der Waals surface area contributed by atoms with Crippen molar-refractivity contribution in [1.82, 2.24) is 10.2 Å². The van der Waals surface area contributed by atoms with Gasteiger partial charge in [0.05, 0.1) is 0 Å². The van der Waals surface area contributed by atoms with E-state index in [2.05, 4.69) is 17.1 Å². The van der Waals surface area contributed by atoms with Gasteiger partial charge in [0, 0.05) is 12.5 Å². The molecule has 0 aromatic rings. The van der Waals surface area contributed by atoms with Crippen LogP contribution in [0.5, 0.6) is 0 Å². The van der Waals surface area contributed by atoms with Gasteiger partial charge in [0.2, 0.25) is 5.24 Å². The molecule has 2 saturated heterocycles. The first-order valence-corrected chi connectivity index (χ1v) is 9.25. The van der Waals surface area contributed by atoms with Gasteiger partial charge < -0.3 is 10.2 Å². The van der Waals surface area contributed by atoms with Crippen molar-refractivity contribution in [2.24, 2.45) is 0 Å². The highest BCUT2D eigenvalue weighted by Crippen LogP contribution is 2.17. The topological polar surface area (TPSA) is 32.3 Å². The van der Waals surface area contributed by atoms with Crippen LogP contribution in [0.15, 0.2) is 0 Å². The number of carbonyl (C=O) groups is 1. The minimum atomic E-state index is -0.203. The summed E-state index contributed by atoms with van der Waals surface area (Å²) in [5.74, 6) is 0. The Labute approximate surface area is 135 Å². The maximum Gasteiger partial charge on any atom is 0.221 e. The molecule has 0 radical (unpaired) electrons. The van der Waals surface area contributed by atoms with Crippen LogP contribution in [-0.4, -0.2) is 42.4 Å². The molecule has 0 atom stereocenters. The standard InChI is InChI=1S/C10H20N2.C7H13ClO/c1-2-8-12(9-3-1)10-4-6-11-7-5-10;1-2-3-4-5-6-7(8)9/h10-11H,1-9H2;2-6H2,1H3. The molecule has 0 aromatic heterocycles. The van der Waals surface area contributed by atoms with Crippen molar-refractivity contribution in [3.8, 4) is 0 Å². The van der Waals surface area contributed by atoms with Crippen molar-refractivity contribution in [2.45, 2.75) is 77.2 Å². The normalized spacial score (nSPS) is 20.7. The smallest absolute Gasteiger partial charge is 0.221 e. The van der Waals surface area contributed by atoms with E-state index in [4.69, 9.17) is 11.6 Å². The Morgan fingerprint density at radius 1 is 1.10 bits per heavy atom. The number of carbonyl (C=O) groups excluding carboxylic acids is 1. The Kier molecular flexibility index (Phi) is 11.2. The summed E-state index contributed by atoms with van der Waals surface area (Å²) in [5.41, 5.74) is 0. The molecule has 0 aliphatic carbocycles. The van der Waals surface area contributed by atoms with Gasteiger partial charge in [-0.05, 0) is 69.9 Å². The van der Waals surface area contributed by atoms with Gasteiger partial charge in [-0.3, -0.25) is 4.79 Å². The maximum atomic E-state index is 10.2. The van der Waals surface area contributed by atoms with Crippen molar-refractivity contribution >= 4 is 16.8 Å². The van der Waals surface area contributed by atoms with Gasteiger partial charge in [-0.2, -0.15) is 0 Å². The number of nitrogens with zero attached hydrogens (tertiary/aromatic N) is 1. The average molecular weight is 317 g/mol. The Morgan fingerprint density at radius 2 is 1.76 bits per heavy atom. The number of likely N-dealkylation sites (tertiary alicyclic amines) is 1. The molecule has 0 spiro atoms. The van der Waals surface area contributed by atoms with Crippen LogP contribution in [0.4, 0.5) is 0 Å². The summed E-state index contributed by atoms with van der Waals surface area (Å²) in [6.45, 7) is 7.35. The lowest BCUT2D eigenvalue weighted by Crippen LogP contribution is -2.45. The molecular formula is C17H33ClN2O. The monoisotopic (exact) mass is 316 g/mol. The second kappa shape index (κ2) is 12.4. The van der Waals surface area contributed by atoms with Gasteiger partial charge in [-0.25, -0.2) is 0 Å². The van der Waals surface area contributed by atoms with Crippen LogP contribution in [0.3, 0.4) is 0 Å². The number of piperidine rings is 2. The summed E-state index contributed by atoms with van der Waals surface area (Å²) >= 11 is 5.12. The van der Waals surface area contributed by atoms with E-state index in [-0.39, 0.29) is 5.24 Å². The number of halogens is 1. The minimum absolute atomic E-state index is 0.203. The molecule has 2 aliphatic rings. The van der Waals surface area contributed by atoms with Crippen LogP contribution in [0.1, 0.15) is 71.1 Å². The fourth-order valence-electron chi connectivity index (χ4n) is 3.15. The molecule has 4 heteroatoms. The Balaban J connectivity index is 0.000000222. The molecule has 0 bridgehead atoms. The van der Waals surface area contributed by atoms with Crippen LogP contribution in [0.25, 0.3) is 0 Å². The summed E-state index contributed by atoms with van der Waals surface area (Å²) in [5, 5.41) is 3.22. The molecule has 2 fully saturated rings. The van der Waals surface area contributed by atoms with E-state index in [1.807, 2.05) is 0 Å². The van der Waals surface area contributed by atoms with Crippen LogP contribution in [0.2, 0.25) is 0 Å². The number of nitrogens with one attached hydrogen (secondary N) is 1. The van der Waals surface area contributed by atoms with Gasteiger partial charge in [-0.15, -0.1) is 0 Å². The van der Waals surface area contributed by atoms with E-state index in [0.717, 1.165) is 18.9 Å². The van der Waals surface area contributed by atoms with E-state index in [0.29, 0.717) is 6.42 Å². The molecule has 0 saturated carbocycles. The Hall–Kier alpha value is -0.120. The molecule has 0 unspecified atom stereocenters. The van der Waals surface area contributed by atoms with Gasteiger partial charge in [0.1, 0.15) is 0 Å². The van der Waals surface area contributed by atoms with Crippen molar-refractivity contribution in [3.63, 3.8) is 0 Å². The lowest BCUT2D eigenvalue weighted by Gasteiger charge is -2.36. The predicted molar refractivity (Wildman–Crippen MR) is 90.9 cm³/mol. The van der Waals surface area contributed by atoms with Crippen LogP contribution in [-0.2, 0) is 4.79 Å². The van der Waals surface area contributed by atoms with Crippen LogP contribution >= 0.6 is 11.6 Å². The highest BCUT2D eigenvalue weighted by atomic mass is 35.5. The molecule has 0 amide bonds. The largest absolute Gasteiger partial charge is 0.317 e. The highest BCUT2D eigenvalue weighted by Gasteiger charge is 2.21. The first-order valence-electron chi connectivity index (χ1n) is 8.87. The SMILES string of the molecule is C1CCN(C2CCNCC2)CC1.CCCCCCC(=O)Cl. The molecule has 2 rings (SSSR count). The first-order chi connectivity index (χ1) is 10.2. The van der Waals surface area contributed by atoms with Gasteiger partial charge >= 0.3 is 0 Å². The Morgan fingerprint density at radius 3 is 2.33 bits per heavy atom. The maximum absolute atomic E-state index is 10.2. The van der Waals surface area contributed by atoms with Crippen molar-refractivity contribution in [1.29, 1.82) is 0 Å². The van der Waals surface area contributed by atoms with Crippen molar-refractivity contribution < 1.29 is 4.79 Å². The molecule has 3 nitrogen and oxygen atoms in total. The van der Waals surface area contributed by atoms with Crippen LogP contribution in [0, 0.1) is 0 Å². The van der Waals surface area contributed by atoms with Gasteiger partial charge in [0.25, 0.3) is 0 Å². The molecule has 0 aromatic carbocycles. The molecule has 21 heavy (non-hydrogen) atoms. The quantitative estimate of drug-likeness (QED) is 0.595. The number of unbranched alkanes of at least 4 members (excludes halogenated alkanes) is 3. The minimum Gasteiger partial charge on any atom is -0.317 e. The third-order valence-corrected chi connectivity index (χ3v) is 4.63. The lowest BCUT2D eigenvalue weighted by molar-refractivity contribution is -0.111. The van der Waals surface area contributed by atoms with E-state index in [1.165, 1.54) is 71.1 Å². The zero-order valence-corrected chi connectivity index (χ0v) is 14.5. The number of hydrogen-bond acceptors (Lipinski definition) is 3. The van der Waals surface area contributed by atoms with E-state index < -0.39 is 0 Å². The van der Waals surface area contributed by atoms with E-state index in [1.54, 1.807) is 0 Å². The fourth-order valence-corrected chi connectivity index (χ4v) is 3.28. The zero-order valence-electron chi connectivity index (χ0n) is 13.7. The lowest BCUT2D eigenvalue weighted by atomic mass is 10.0. The average Bonchev–Trinajstić information content (AvgIpc) is 2.54. The molecule has 2 heterocycles. The molecule has 2 aliphatic heterocycles. The van der Waals surface area contributed by atoms with Gasteiger partial charge in [-0.1, -0.05) is 32.6 Å².